The normalized spacial score (nSPS) is 48.5. The minimum absolute atomic E-state index is 0.682. The second kappa shape index (κ2) is 17.4. The Morgan fingerprint density at radius 3 is 1.62 bits per heavy atom. The Bertz CT molecular complexity index is 1130. The zero-order valence-electron chi connectivity index (χ0n) is 27.3. The number of hydrogen-bond donors (Lipinski definition) is 13. The van der Waals surface area contributed by atoms with E-state index in [9.17, 15) is 65.8 Å². The van der Waals surface area contributed by atoms with Crippen LogP contribution in [0.4, 0.5) is 0 Å². The number of ether oxygens (including phenoxy) is 7. The van der Waals surface area contributed by atoms with Gasteiger partial charge in [-0.25, -0.2) is 0 Å². The fourth-order valence-corrected chi connectivity index (χ4v) is 6.27. The molecule has 4 heterocycles. The van der Waals surface area contributed by atoms with Crippen LogP contribution in [0.3, 0.4) is 0 Å². The van der Waals surface area contributed by atoms with Crippen LogP contribution in [0.2, 0.25) is 0 Å². The summed E-state index contributed by atoms with van der Waals surface area (Å²) in [6.07, 6.45) is -31.0. The standard InChI is InChI=1S/C28H48N2O20/c1-7-15(36)20(41)21(42)27(44-7)50-24-23(49-26-14(30-9(3)35)18(39)16(37)10(4-31)46-26)17(38)11(5-32)47-28(24)48-22-12(6-33)45-25(43)13(19(22)40)29-8(2)34/h7,10-28,31-33,36-43H,4-6H2,1-3H3,(H,29,34)(H,30,35)/t7-,10+,11+,12+,13+,14+,15+,16-,17+,18+,19+,20+,21-,22-,23-,24+,25?,26+,27-,28-/m0/s1. The fraction of sp³-hybridized carbons (Fsp3) is 0.929. The maximum absolute atomic E-state index is 12.0. The molecule has 4 saturated heterocycles. The lowest BCUT2D eigenvalue weighted by atomic mass is 9.94. The highest BCUT2D eigenvalue weighted by Gasteiger charge is 2.56. The van der Waals surface area contributed by atoms with E-state index in [2.05, 4.69) is 10.6 Å². The van der Waals surface area contributed by atoms with Crippen molar-refractivity contribution in [2.24, 2.45) is 0 Å². The quantitative estimate of drug-likeness (QED) is 0.0938. The van der Waals surface area contributed by atoms with Crippen LogP contribution in [-0.2, 0) is 42.7 Å². The first-order valence-electron chi connectivity index (χ1n) is 15.9. The fourth-order valence-electron chi connectivity index (χ4n) is 6.27. The molecule has 22 nitrogen and oxygen atoms in total. The van der Waals surface area contributed by atoms with Gasteiger partial charge in [-0.15, -0.1) is 0 Å². The van der Waals surface area contributed by atoms with Crippen molar-refractivity contribution in [3.8, 4) is 0 Å². The van der Waals surface area contributed by atoms with Crippen molar-refractivity contribution in [2.45, 2.75) is 143 Å². The van der Waals surface area contributed by atoms with Gasteiger partial charge in [0.2, 0.25) is 11.8 Å². The number of amides is 2. The number of nitrogens with one attached hydrogen (secondary N) is 2. The molecule has 1 unspecified atom stereocenters. The van der Waals surface area contributed by atoms with Crippen LogP contribution in [0.5, 0.6) is 0 Å². The molecule has 4 fully saturated rings. The van der Waals surface area contributed by atoms with Gasteiger partial charge in [-0.1, -0.05) is 0 Å². The van der Waals surface area contributed by atoms with E-state index in [1.54, 1.807) is 0 Å². The molecule has 0 aromatic carbocycles. The summed E-state index contributed by atoms with van der Waals surface area (Å²) in [5.41, 5.74) is 0. The summed E-state index contributed by atoms with van der Waals surface area (Å²) in [6.45, 7) is 0.904. The molecule has 0 radical (unpaired) electrons. The predicted octanol–water partition coefficient (Wildman–Crippen LogP) is -8.43. The van der Waals surface area contributed by atoms with Crippen molar-refractivity contribution < 1.29 is 98.9 Å². The molecule has 290 valence electrons. The van der Waals surface area contributed by atoms with Crippen molar-refractivity contribution in [1.82, 2.24) is 10.6 Å². The highest BCUT2D eigenvalue weighted by atomic mass is 16.8. The number of carbonyl (C=O) groups excluding carboxylic acids is 2. The maximum atomic E-state index is 12.0. The molecule has 0 saturated carbocycles. The highest BCUT2D eigenvalue weighted by Crippen LogP contribution is 2.36. The van der Waals surface area contributed by atoms with E-state index in [1.165, 1.54) is 6.92 Å². The largest absolute Gasteiger partial charge is 0.394 e. The van der Waals surface area contributed by atoms with Crippen LogP contribution in [0.15, 0.2) is 0 Å². The van der Waals surface area contributed by atoms with Gasteiger partial charge < -0.3 is 100.0 Å². The second-order valence-electron chi connectivity index (χ2n) is 12.6. The molecule has 13 N–H and O–H groups in total. The van der Waals surface area contributed by atoms with Crippen molar-refractivity contribution in [3.63, 3.8) is 0 Å². The van der Waals surface area contributed by atoms with Gasteiger partial charge in [0, 0.05) is 13.8 Å². The average Bonchev–Trinajstić information content (AvgIpc) is 3.07. The predicted molar refractivity (Wildman–Crippen MR) is 156 cm³/mol. The number of carbonyl (C=O) groups is 2. The van der Waals surface area contributed by atoms with Crippen molar-refractivity contribution in [1.29, 1.82) is 0 Å². The third-order valence-electron chi connectivity index (χ3n) is 8.97. The van der Waals surface area contributed by atoms with Gasteiger partial charge in [-0.2, -0.15) is 0 Å². The summed E-state index contributed by atoms with van der Waals surface area (Å²) in [7, 11) is 0. The van der Waals surface area contributed by atoms with Gasteiger partial charge in [0.15, 0.2) is 25.2 Å². The molecule has 4 aliphatic heterocycles. The second-order valence-corrected chi connectivity index (χ2v) is 12.6. The van der Waals surface area contributed by atoms with Crippen LogP contribution < -0.4 is 10.6 Å². The zero-order chi connectivity index (χ0) is 37.2. The Hall–Kier alpha value is -1.78. The number of aliphatic hydroxyl groups is 11. The molecule has 22 heteroatoms. The summed E-state index contributed by atoms with van der Waals surface area (Å²) in [4.78, 5) is 23.9. The minimum atomic E-state index is -1.95. The van der Waals surface area contributed by atoms with Crippen LogP contribution in [-0.4, -0.2) is 211 Å². The third kappa shape index (κ3) is 8.70. The lowest BCUT2D eigenvalue weighted by Crippen LogP contribution is -2.70. The van der Waals surface area contributed by atoms with Crippen LogP contribution >= 0.6 is 0 Å². The lowest BCUT2D eigenvalue weighted by molar-refractivity contribution is -0.398. The molecular formula is C28H48N2O20. The third-order valence-corrected chi connectivity index (χ3v) is 8.97. The molecule has 50 heavy (non-hydrogen) atoms. The molecule has 0 aromatic heterocycles. The number of rotatable bonds is 11. The van der Waals surface area contributed by atoms with E-state index < -0.39 is 154 Å². The van der Waals surface area contributed by atoms with Gasteiger partial charge in [-0.05, 0) is 6.92 Å². The first-order chi connectivity index (χ1) is 23.5. The molecule has 0 aromatic rings. The van der Waals surface area contributed by atoms with Gasteiger partial charge in [0.1, 0.15) is 91.4 Å². The van der Waals surface area contributed by atoms with Crippen molar-refractivity contribution in [3.05, 3.63) is 0 Å². The SMILES string of the molecule is CC(=O)N[C@H]1[C@@H](O[C@H]2[C@H](O)[C@@H](CO)O[C@@H](O[C@@H]3[C@H](O)[C@@H](NC(C)=O)C(O)O[C@@H]3CO)[C@@H]2O[C@@H]2O[C@@H](C)[C@@H](O)[C@@H](O)[C@@H]2O)O[C@H](CO)[C@H](O)[C@@H]1O. The van der Waals surface area contributed by atoms with E-state index >= 15 is 0 Å². The number of hydrogen-bond acceptors (Lipinski definition) is 20. The van der Waals surface area contributed by atoms with Crippen LogP contribution in [0.25, 0.3) is 0 Å². The summed E-state index contributed by atoms with van der Waals surface area (Å²) < 4.78 is 40.3. The molecule has 20 atom stereocenters. The maximum Gasteiger partial charge on any atom is 0.217 e. The molecule has 2 amide bonds. The summed E-state index contributed by atoms with van der Waals surface area (Å²) >= 11 is 0. The monoisotopic (exact) mass is 732 g/mol. The Kier molecular flexibility index (Phi) is 14.2. The van der Waals surface area contributed by atoms with Crippen LogP contribution in [0, 0.1) is 0 Å². The topological polar surface area (TPSA) is 345 Å². The minimum Gasteiger partial charge on any atom is -0.394 e. The van der Waals surface area contributed by atoms with Gasteiger partial charge in [0.25, 0.3) is 0 Å². The molecular weight excluding hydrogens is 684 g/mol. The van der Waals surface area contributed by atoms with Gasteiger partial charge in [0.05, 0.1) is 25.9 Å². The summed E-state index contributed by atoms with van der Waals surface area (Å²) in [6, 6.07) is -3.05. The Balaban J connectivity index is 1.75. The van der Waals surface area contributed by atoms with E-state index in [1.807, 2.05) is 0 Å². The first kappa shape index (κ1) is 41.0. The molecule has 4 aliphatic rings. The van der Waals surface area contributed by atoms with Crippen molar-refractivity contribution >= 4 is 11.8 Å². The molecule has 0 spiro atoms. The molecule has 4 rings (SSSR count). The molecule has 0 aliphatic carbocycles. The zero-order valence-corrected chi connectivity index (χ0v) is 27.3. The van der Waals surface area contributed by atoms with Crippen LogP contribution in [0.1, 0.15) is 20.8 Å². The number of aliphatic hydroxyl groups excluding tert-OH is 11. The van der Waals surface area contributed by atoms with E-state index in [0.717, 1.165) is 13.8 Å². The first-order valence-corrected chi connectivity index (χ1v) is 15.9. The van der Waals surface area contributed by atoms with E-state index in [-0.39, 0.29) is 0 Å². The summed E-state index contributed by atoms with van der Waals surface area (Å²) in [5.74, 6) is -1.40. The summed E-state index contributed by atoms with van der Waals surface area (Å²) in [5, 5.41) is 120. The van der Waals surface area contributed by atoms with E-state index in [0.29, 0.717) is 0 Å². The Labute approximate surface area is 285 Å². The van der Waals surface area contributed by atoms with Gasteiger partial charge in [-0.3, -0.25) is 9.59 Å². The molecule has 0 bridgehead atoms. The highest BCUT2D eigenvalue weighted by molar-refractivity contribution is 5.73. The van der Waals surface area contributed by atoms with Gasteiger partial charge >= 0.3 is 0 Å². The Morgan fingerprint density at radius 1 is 0.520 bits per heavy atom. The lowest BCUT2D eigenvalue weighted by Gasteiger charge is -2.51. The van der Waals surface area contributed by atoms with E-state index in [4.69, 9.17) is 33.2 Å². The van der Waals surface area contributed by atoms with Crippen molar-refractivity contribution in [2.75, 3.05) is 19.8 Å². The Morgan fingerprint density at radius 2 is 1.04 bits per heavy atom. The average molecular weight is 733 g/mol. The smallest absolute Gasteiger partial charge is 0.217 e.